The third-order valence-corrected chi connectivity index (χ3v) is 5.50. The summed E-state index contributed by atoms with van der Waals surface area (Å²) in [7, 11) is 0. The van der Waals surface area contributed by atoms with Crippen molar-refractivity contribution in [3.63, 3.8) is 0 Å². The van der Waals surface area contributed by atoms with Gasteiger partial charge in [-0.25, -0.2) is 0 Å². The first-order valence-corrected chi connectivity index (χ1v) is 10.3. The minimum Gasteiger partial charge on any atom is -0.481 e. The lowest BCUT2D eigenvalue weighted by Crippen LogP contribution is -2.27. The van der Waals surface area contributed by atoms with Crippen molar-refractivity contribution in [1.29, 1.82) is 0 Å². The first-order chi connectivity index (χ1) is 12.6. The van der Waals surface area contributed by atoms with Crippen LogP contribution < -0.4 is 0 Å². The molecule has 2 heteroatoms. The van der Waals surface area contributed by atoms with E-state index >= 15 is 0 Å². The molecule has 0 atom stereocenters. The highest BCUT2D eigenvalue weighted by Crippen LogP contribution is 2.39. The molecular weight excluding hydrogens is 320 g/mol. The van der Waals surface area contributed by atoms with Crippen LogP contribution in [0.1, 0.15) is 76.3 Å². The van der Waals surface area contributed by atoms with E-state index in [1.165, 1.54) is 56.1 Å². The molecule has 0 aliphatic heterocycles. The molecule has 1 aliphatic carbocycles. The lowest BCUT2D eigenvalue weighted by atomic mass is 9.70. The highest BCUT2D eigenvalue weighted by Gasteiger charge is 2.31. The third kappa shape index (κ3) is 5.33. The van der Waals surface area contributed by atoms with E-state index in [2.05, 4.69) is 50.3 Å². The van der Waals surface area contributed by atoms with Crippen molar-refractivity contribution in [1.82, 2.24) is 0 Å². The standard InChI is InChI=1S/C24H34O2/c1-3-5-7-8-11-17-24(18-15-21(16-19-24)23(25)26)22-14-10-9-13-20(22)12-6-4-2/h9-10,13-16,18-19,21H,3-8,11-12,17H2,1-2H3,(H,25,26). The smallest absolute Gasteiger partial charge is 0.314 e. The Balaban J connectivity index is 2.26. The molecule has 0 saturated heterocycles. The summed E-state index contributed by atoms with van der Waals surface area (Å²) < 4.78 is 0. The summed E-state index contributed by atoms with van der Waals surface area (Å²) in [6, 6.07) is 8.73. The average molecular weight is 355 g/mol. The van der Waals surface area contributed by atoms with Gasteiger partial charge < -0.3 is 5.11 Å². The Morgan fingerprint density at radius 3 is 2.27 bits per heavy atom. The van der Waals surface area contributed by atoms with Crippen molar-refractivity contribution in [3.8, 4) is 0 Å². The van der Waals surface area contributed by atoms with Crippen molar-refractivity contribution < 1.29 is 9.90 Å². The van der Waals surface area contributed by atoms with E-state index in [-0.39, 0.29) is 5.41 Å². The molecule has 26 heavy (non-hydrogen) atoms. The molecule has 1 N–H and O–H groups in total. The number of hydrogen-bond donors (Lipinski definition) is 1. The Morgan fingerprint density at radius 1 is 0.962 bits per heavy atom. The molecule has 142 valence electrons. The first-order valence-electron chi connectivity index (χ1n) is 10.3. The molecule has 2 rings (SSSR count). The minimum absolute atomic E-state index is 0.150. The fourth-order valence-corrected chi connectivity index (χ4v) is 3.90. The minimum atomic E-state index is -0.770. The molecule has 0 spiro atoms. The van der Waals surface area contributed by atoms with Crippen LogP contribution in [0.4, 0.5) is 0 Å². The number of unbranched alkanes of at least 4 members (excludes halogenated alkanes) is 5. The summed E-state index contributed by atoms with van der Waals surface area (Å²) in [6.07, 6.45) is 18.9. The first kappa shape index (κ1) is 20.5. The number of carbonyl (C=O) groups is 1. The Hall–Kier alpha value is -1.83. The summed E-state index contributed by atoms with van der Waals surface area (Å²) in [5.74, 6) is -1.26. The van der Waals surface area contributed by atoms with Gasteiger partial charge in [0.1, 0.15) is 0 Å². The second-order valence-electron chi connectivity index (χ2n) is 7.55. The predicted octanol–water partition coefficient (Wildman–Crippen LogP) is 6.45. The van der Waals surface area contributed by atoms with Crippen LogP contribution in [0, 0.1) is 5.92 Å². The molecule has 0 fully saturated rings. The lowest BCUT2D eigenvalue weighted by Gasteiger charge is -2.33. The molecule has 0 heterocycles. The zero-order valence-corrected chi connectivity index (χ0v) is 16.4. The van der Waals surface area contributed by atoms with Crippen LogP contribution in [0.25, 0.3) is 0 Å². The van der Waals surface area contributed by atoms with Crippen molar-refractivity contribution in [2.45, 2.75) is 77.0 Å². The van der Waals surface area contributed by atoms with Crippen LogP contribution in [-0.2, 0) is 16.6 Å². The van der Waals surface area contributed by atoms with Gasteiger partial charge in [0.25, 0.3) is 0 Å². The van der Waals surface area contributed by atoms with E-state index in [1.807, 2.05) is 12.2 Å². The topological polar surface area (TPSA) is 37.3 Å². The summed E-state index contributed by atoms with van der Waals surface area (Å²) in [6.45, 7) is 4.47. The maximum Gasteiger partial charge on any atom is 0.314 e. The number of benzene rings is 1. The zero-order valence-electron chi connectivity index (χ0n) is 16.4. The van der Waals surface area contributed by atoms with Crippen LogP contribution in [0.5, 0.6) is 0 Å². The number of carboxylic acids is 1. The summed E-state index contributed by atoms with van der Waals surface area (Å²) >= 11 is 0. The van der Waals surface area contributed by atoms with Crippen molar-refractivity contribution in [2.75, 3.05) is 0 Å². The maximum atomic E-state index is 11.3. The van der Waals surface area contributed by atoms with Crippen LogP contribution in [-0.4, -0.2) is 11.1 Å². The summed E-state index contributed by atoms with van der Waals surface area (Å²) in [4.78, 5) is 11.3. The van der Waals surface area contributed by atoms with Gasteiger partial charge in [-0.05, 0) is 30.4 Å². The normalized spacial score (nSPS) is 21.8. The van der Waals surface area contributed by atoms with Gasteiger partial charge in [0.2, 0.25) is 0 Å². The Morgan fingerprint density at radius 2 is 1.62 bits per heavy atom. The molecule has 1 aromatic rings. The van der Waals surface area contributed by atoms with Gasteiger partial charge in [-0.1, -0.05) is 101 Å². The summed E-state index contributed by atoms with van der Waals surface area (Å²) in [5.41, 5.74) is 2.62. The van der Waals surface area contributed by atoms with Gasteiger partial charge in [-0.15, -0.1) is 0 Å². The van der Waals surface area contributed by atoms with Crippen LogP contribution >= 0.6 is 0 Å². The molecule has 0 bridgehead atoms. The van der Waals surface area contributed by atoms with E-state index in [4.69, 9.17) is 0 Å². The molecule has 1 aromatic carbocycles. The largest absolute Gasteiger partial charge is 0.481 e. The predicted molar refractivity (Wildman–Crippen MR) is 110 cm³/mol. The fourth-order valence-electron chi connectivity index (χ4n) is 3.90. The van der Waals surface area contributed by atoms with Gasteiger partial charge >= 0.3 is 5.97 Å². The monoisotopic (exact) mass is 354 g/mol. The van der Waals surface area contributed by atoms with E-state index in [1.54, 1.807) is 0 Å². The number of aliphatic carboxylic acids is 1. The van der Waals surface area contributed by atoms with Gasteiger partial charge in [0.15, 0.2) is 0 Å². The van der Waals surface area contributed by atoms with Gasteiger partial charge in [0.05, 0.1) is 5.92 Å². The van der Waals surface area contributed by atoms with Gasteiger partial charge in [0, 0.05) is 5.41 Å². The van der Waals surface area contributed by atoms with Crippen LogP contribution in [0.15, 0.2) is 48.6 Å². The molecule has 0 radical (unpaired) electrons. The molecule has 1 aliphatic rings. The molecular formula is C24H34O2. The lowest BCUT2D eigenvalue weighted by molar-refractivity contribution is -0.138. The zero-order chi connectivity index (χ0) is 18.8. The molecule has 0 amide bonds. The van der Waals surface area contributed by atoms with E-state index in [9.17, 15) is 9.90 Å². The Labute approximate surface area is 159 Å². The number of carboxylic acid groups (broad SMARTS) is 1. The van der Waals surface area contributed by atoms with Gasteiger partial charge in [-0.3, -0.25) is 4.79 Å². The second kappa shape index (κ2) is 10.4. The van der Waals surface area contributed by atoms with Crippen molar-refractivity contribution >= 4 is 5.97 Å². The van der Waals surface area contributed by atoms with Crippen LogP contribution in [0.3, 0.4) is 0 Å². The van der Waals surface area contributed by atoms with E-state index < -0.39 is 11.9 Å². The van der Waals surface area contributed by atoms with Crippen LogP contribution in [0.2, 0.25) is 0 Å². The quantitative estimate of drug-likeness (QED) is 0.366. The molecule has 0 aromatic heterocycles. The molecule has 0 unspecified atom stereocenters. The summed E-state index contributed by atoms with van der Waals surface area (Å²) in [5, 5.41) is 9.32. The van der Waals surface area contributed by atoms with E-state index in [0.717, 1.165) is 12.8 Å². The van der Waals surface area contributed by atoms with Crippen molar-refractivity contribution in [3.05, 3.63) is 59.7 Å². The fraction of sp³-hybridized carbons (Fsp3) is 0.542. The Kier molecular flexibility index (Phi) is 8.15. The third-order valence-electron chi connectivity index (χ3n) is 5.50. The Bertz CT molecular complexity index is 613. The molecule has 0 saturated carbocycles. The SMILES string of the molecule is CCCCCCCC1(c2ccccc2CCCC)C=CC(C(=O)O)C=C1. The number of aryl methyl sites for hydroxylation is 1. The average Bonchev–Trinajstić information content (AvgIpc) is 2.66. The maximum absolute atomic E-state index is 11.3. The number of allylic oxidation sites excluding steroid dienone is 2. The van der Waals surface area contributed by atoms with E-state index in [0.29, 0.717) is 0 Å². The number of rotatable bonds is 11. The highest BCUT2D eigenvalue weighted by molar-refractivity contribution is 5.75. The van der Waals surface area contributed by atoms with Crippen molar-refractivity contribution in [2.24, 2.45) is 5.92 Å². The van der Waals surface area contributed by atoms with Gasteiger partial charge in [-0.2, -0.15) is 0 Å². The highest BCUT2D eigenvalue weighted by atomic mass is 16.4. The second-order valence-corrected chi connectivity index (χ2v) is 7.55. The molecule has 2 nitrogen and oxygen atoms in total. The number of hydrogen-bond acceptors (Lipinski definition) is 1.